The first-order chi connectivity index (χ1) is 12.1. The molecule has 1 saturated heterocycles. The maximum absolute atomic E-state index is 12.9. The van der Waals surface area contributed by atoms with Crippen LogP contribution < -0.4 is 5.32 Å². The van der Waals surface area contributed by atoms with Gasteiger partial charge in [-0.05, 0) is 37.1 Å². The van der Waals surface area contributed by atoms with Gasteiger partial charge < -0.3 is 14.1 Å². The Morgan fingerprint density at radius 3 is 2.56 bits per heavy atom. The van der Waals surface area contributed by atoms with Crippen molar-refractivity contribution in [1.82, 2.24) is 15.1 Å². The Morgan fingerprint density at radius 1 is 1.24 bits per heavy atom. The van der Waals surface area contributed by atoms with Gasteiger partial charge >= 0.3 is 18.0 Å². The first-order valence-corrected chi connectivity index (χ1v) is 7.80. The summed E-state index contributed by atoms with van der Waals surface area (Å²) < 4.78 is 23.0. The lowest BCUT2D eigenvalue weighted by molar-refractivity contribution is -0.146. The Labute approximate surface area is 143 Å². The highest BCUT2D eigenvalue weighted by molar-refractivity contribution is 5.87. The number of ether oxygens (including phenoxy) is 1. The molecule has 2 aromatic rings. The molecule has 1 aromatic heterocycles. The number of nitrogens with one attached hydrogen (secondary N) is 1. The first kappa shape index (κ1) is 16.9. The van der Waals surface area contributed by atoms with Crippen LogP contribution in [0.5, 0.6) is 0 Å². The zero-order valence-corrected chi connectivity index (χ0v) is 13.6. The van der Waals surface area contributed by atoms with Crippen LogP contribution in [0.3, 0.4) is 0 Å². The minimum atomic E-state index is -0.377. The van der Waals surface area contributed by atoms with E-state index < -0.39 is 0 Å². The first-order valence-electron chi connectivity index (χ1n) is 7.80. The van der Waals surface area contributed by atoms with Crippen LogP contribution in [0.25, 0.3) is 11.5 Å². The van der Waals surface area contributed by atoms with Gasteiger partial charge in [0.1, 0.15) is 5.82 Å². The van der Waals surface area contributed by atoms with Crippen molar-refractivity contribution in [1.29, 1.82) is 0 Å². The summed E-state index contributed by atoms with van der Waals surface area (Å²) in [7, 11) is 1.36. The van der Waals surface area contributed by atoms with E-state index in [1.54, 1.807) is 4.90 Å². The SMILES string of the molecule is COC(=O)C1CCN(C(=O)Nc2nnc(-c3ccc(F)cc3)o2)CC1. The molecule has 2 heterocycles. The summed E-state index contributed by atoms with van der Waals surface area (Å²) in [5, 5.41) is 10.1. The molecule has 1 fully saturated rings. The van der Waals surface area contributed by atoms with Gasteiger partial charge in [-0.3, -0.25) is 10.1 Å². The monoisotopic (exact) mass is 348 g/mol. The van der Waals surface area contributed by atoms with E-state index in [2.05, 4.69) is 15.5 Å². The van der Waals surface area contributed by atoms with Gasteiger partial charge in [-0.1, -0.05) is 5.10 Å². The van der Waals surface area contributed by atoms with Crippen molar-refractivity contribution < 1.29 is 23.1 Å². The fourth-order valence-corrected chi connectivity index (χ4v) is 2.64. The Kier molecular flexibility index (Phi) is 4.92. The molecule has 3 rings (SSSR count). The predicted molar refractivity (Wildman–Crippen MR) is 85.0 cm³/mol. The smallest absolute Gasteiger partial charge is 0.325 e. The van der Waals surface area contributed by atoms with Gasteiger partial charge in [0.05, 0.1) is 13.0 Å². The van der Waals surface area contributed by atoms with Crippen LogP contribution in [0, 0.1) is 11.7 Å². The van der Waals surface area contributed by atoms with E-state index in [0.717, 1.165) is 0 Å². The van der Waals surface area contributed by atoms with Gasteiger partial charge in [0, 0.05) is 18.7 Å². The number of hydrogen-bond donors (Lipinski definition) is 1. The molecule has 1 N–H and O–H groups in total. The zero-order chi connectivity index (χ0) is 17.8. The largest absolute Gasteiger partial charge is 0.469 e. The summed E-state index contributed by atoms with van der Waals surface area (Å²) in [4.78, 5) is 25.3. The van der Waals surface area contributed by atoms with Crippen LogP contribution in [0.2, 0.25) is 0 Å². The molecule has 0 radical (unpaired) electrons. The van der Waals surface area contributed by atoms with Gasteiger partial charge in [-0.15, -0.1) is 5.10 Å². The molecule has 0 bridgehead atoms. The summed E-state index contributed by atoms with van der Waals surface area (Å²) in [6, 6.07) is 5.15. The number of rotatable bonds is 3. The third-order valence-corrected chi connectivity index (χ3v) is 4.05. The summed E-state index contributed by atoms with van der Waals surface area (Å²) in [5.74, 6) is -0.615. The van der Waals surface area contributed by atoms with Crippen LogP contribution in [0.4, 0.5) is 15.2 Å². The van der Waals surface area contributed by atoms with E-state index in [9.17, 15) is 14.0 Å². The second-order valence-corrected chi connectivity index (χ2v) is 5.63. The van der Waals surface area contributed by atoms with Crippen LogP contribution in [-0.2, 0) is 9.53 Å². The second kappa shape index (κ2) is 7.29. The van der Waals surface area contributed by atoms with Gasteiger partial charge in [0.25, 0.3) is 0 Å². The molecule has 2 amide bonds. The Morgan fingerprint density at radius 2 is 1.92 bits per heavy atom. The van der Waals surface area contributed by atoms with Gasteiger partial charge in [0.15, 0.2) is 0 Å². The molecular formula is C16H17FN4O4. The normalized spacial score (nSPS) is 15.0. The highest BCUT2D eigenvalue weighted by Gasteiger charge is 2.28. The van der Waals surface area contributed by atoms with E-state index in [1.165, 1.54) is 31.4 Å². The fourth-order valence-electron chi connectivity index (χ4n) is 2.64. The van der Waals surface area contributed by atoms with Crippen molar-refractivity contribution in [3.05, 3.63) is 30.1 Å². The number of hydrogen-bond acceptors (Lipinski definition) is 6. The van der Waals surface area contributed by atoms with Crippen LogP contribution in [0.15, 0.2) is 28.7 Å². The number of aromatic nitrogens is 2. The molecule has 0 unspecified atom stereocenters. The average molecular weight is 348 g/mol. The van der Waals surface area contributed by atoms with Crippen LogP contribution in [-0.4, -0.2) is 47.3 Å². The minimum Gasteiger partial charge on any atom is -0.469 e. The van der Waals surface area contributed by atoms with E-state index in [-0.39, 0.29) is 35.6 Å². The summed E-state index contributed by atoms with van der Waals surface area (Å²) in [6.45, 7) is 0.870. The number of esters is 1. The third-order valence-electron chi connectivity index (χ3n) is 4.05. The molecular weight excluding hydrogens is 331 g/mol. The molecule has 0 saturated carbocycles. The van der Waals surface area contributed by atoms with Crippen molar-refractivity contribution >= 4 is 18.0 Å². The van der Waals surface area contributed by atoms with E-state index >= 15 is 0 Å². The molecule has 0 aliphatic carbocycles. The number of likely N-dealkylation sites (tertiary alicyclic amines) is 1. The van der Waals surface area contributed by atoms with Gasteiger partial charge in [-0.2, -0.15) is 0 Å². The fraction of sp³-hybridized carbons (Fsp3) is 0.375. The van der Waals surface area contributed by atoms with Crippen molar-refractivity contribution in [3.63, 3.8) is 0 Å². The number of piperidine rings is 1. The summed E-state index contributed by atoms with van der Waals surface area (Å²) in [5.41, 5.74) is 0.549. The topological polar surface area (TPSA) is 97.6 Å². The molecule has 1 aliphatic heterocycles. The molecule has 1 aromatic carbocycles. The molecule has 8 nitrogen and oxygen atoms in total. The van der Waals surface area contributed by atoms with Crippen molar-refractivity contribution in [3.8, 4) is 11.5 Å². The molecule has 9 heteroatoms. The number of carbonyl (C=O) groups is 2. The predicted octanol–water partition coefficient (Wildman–Crippen LogP) is 2.29. The minimum absolute atomic E-state index is 0.0422. The number of methoxy groups -OCH3 is 1. The quantitative estimate of drug-likeness (QED) is 0.855. The van der Waals surface area contributed by atoms with Crippen molar-refractivity contribution in [2.24, 2.45) is 5.92 Å². The number of carbonyl (C=O) groups excluding carboxylic acids is 2. The van der Waals surface area contributed by atoms with Crippen molar-refractivity contribution in [2.45, 2.75) is 12.8 Å². The number of nitrogens with zero attached hydrogens (tertiary/aromatic N) is 3. The molecule has 1 aliphatic rings. The molecule has 0 spiro atoms. The Hall–Kier alpha value is -2.97. The molecule has 25 heavy (non-hydrogen) atoms. The number of halogens is 1. The number of amides is 2. The Bertz CT molecular complexity index is 754. The summed E-state index contributed by atoms with van der Waals surface area (Å²) >= 11 is 0. The average Bonchev–Trinajstić information content (AvgIpc) is 3.10. The maximum atomic E-state index is 12.9. The van der Waals surface area contributed by atoms with Gasteiger partial charge in [0.2, 0.25) is 5.89 Å². The number of urea groups is 1. The Balaban J connectivity index is 1.57. The third kappa shape index (κ3) is 3.93. The lowest BCUT2D eigenvalue weighted by Crippen LogP contribution is -2.42. The lowest BCUT2D eigenvalue weighted by atomic mass is 9.97. The van der Waals surface area contributed by atoms with Gasteiger partial charge in [-0.25, -0.2) is 9.18 Å². The highest BCUT2D eigenvalue weighted by Crippen LogP contribution is 2.22. The summed E-state index contributed by atoms with van der Waals surface area (Å²) in [6.07, 6.45) is 1.09. The highest BCUT2D eigenvalue weighted by atomic mass is 19.1. The lowest BCUT2D eigenvalue weighted by Gasteiger charge is -2.30. The molecule has 0 atom stereocenters. The maximum Gasteiger partial charge on any atom is 0.325 e. The number of benzene rings is 1. The standard InChI is InChI=1S/C16H17FN4O4/c1-24-14(22)11-6-8-21(9-7-11)16(23)18-15-20-19-13(25-15)10-2-4-12(17)5-3-10/h2-5,11H,6-9H2,1H3,(H,18,20,23). The van der Waals surface area contributed by atoms with E-state index in [0.29, 0.717) is 31.5 Å². The molecule has 132 valence electrons. The van der Waals surface area contributed by atoms with E-state index in [1.807, 2.05) is 0 Å². The van der Waals surface area contributed by atoms with Crippen molar-refractivity contribution in [2.75, 3.05) is 25.5 Å². The number of anilines is 1. The van der Waals surface area contributed by atoms with E-state index in [4.69, 9.17) is 9.15 Å². The van der Waals surface area contributed by atoms with Crippen LogP contribution >= 0.6 is 0 Å². The van der Waals surface area contributed by atoms with Crippen LogP contribution in [0.1, 0.15) is 12.8 Å². The second-order valence-electron chi connectivity index (χ2n) is 5.63. The zero-order valence-electron chi connectivity index (χ0n) is 13.6.